The van der Waals surface area contributed by atoms with E-state index >= 15 is 0 Å². The fraction of sp³-hybridized carbons (Fsp3) is 0.200. The highest BCUT2D eigenvalue weighted by atomic mass is 32.1. The first-order valence-corrected chi connectivity index (χ1v) is 11.7. The molecule has 2 aromatic carbocycles. The number of nitrogens with zero attached hydrogens (tertiary/aromatic N) is 3. The summed E-state index contributed by atoms with van der Waals surface area (Å²) in [4.78, 5) is 45.4. The molecule has 9 heteroatoms. The van der Waals surface area contributed by atoms with E-state index in [0.717, 1.165) is 20.9 Å². The molecule has 1 aliphatic rings. The molecule has 2 aromatic heterocycles. The molecule has 0 N–H and O–H groups in total. The zero-order valence-electron chi connectivity index (χ0n) is 18.4. The lowest BCUT2D eigenvalue weighted by Gasteiger charge is -2.20. The number of hydrogen-bond donors (Lipinski definition) is 0. The number of imide groups is 1. The summed E-state index contributed by atoms with van der Waals surface area (Å²) in [5.41, 5.74) is 1.48. The van der Waals surface area contributed by atoms with Gasteiger partial charge in [-0.1, -0.05) is 17.4 Å². The predicted octanol–water partition coefficient (Wildman–Crippen LogP) is 4.79. The minimum Gasteiger partial charge on any atom is -0.494 e. The first kappa shape index (κ1) is 21.8. The van der Waals surface area contributed by atoms with Crippen LogP contribution in [-0.4, -0.2) is 29.3 Å². The van der Waals surface area contributed by atoms with Gasteiger partial charge in [-0.3, -0.25) is 24.2 Å². The molecule has 0 bridgehead atoms. The van der Waals surface area contributed by atoms with Gasteiger partial charge in [-0.05, 0) is 55.5 Å². The molecule has 0 saturated carbocycles. The fourth-order valence-electron chi connectivity index (χ4n) is 3.85. The lowest BCUT2D eigenvalue weighted by Crippen LogP contribution is -2.31. The van der Waals surface area contributed by atoms with Gasteiger partial charge in [0.25, 0.3) is 5.91 Å². The molecule has 3 heterocycles. The number of rotatable bonds is 7. The van der Waals surface area contributed by atoms with Crippen LogP contribution in [0.1, 0.15) is 35.9 Å². The summed E-state index contributed by atoms with van der Waals surface area (Å²) in [6, 6.07) is 15.7. The van der Waals surface area contributed by atoms with Crippen molar-refractivity contribution in [3.05, 3.63) is 72.2 Å². The van der Waals surface area contributed by atoms with Gasteiger partial charge in [0, 0.05) is 18.4 Å². The molecule has 0 spiro atoms. The predicted molar refractivity (Wildman–Crippen MR) is 128 cm³/mol. The first-order valence-electron chi connectivity index (χ1n) is 10.9. The highest BCUT2D eigenvalue weighted by Crippen LogP contribution is 2.33. The van der Waals surface area contributed by atoms with Crippen molar-refractivity contribution >= 4 is 50.1 Å². The van der Waals surface area contributed by atoms with Gasteiger partial charge in [-0.15, -0.1) is 0 Å². The number of ether oxygens (including phenoxy) is 1. The van der Waals surface area contributed by atoms with Gasteiger partial charge in [-0.25, -0.2) is 4.98 Å². The average Bonchev–Trinajstić information content (AvgIpc) is 3.57. The van der Waals surface area contributed by atoms with Crippen LogP contribution in [0.3, 0.4) is 0 Å². The van der Waals surface area contributed by atoms with E-state index in [1.165, 1.54) is 16.2 Å². The van der Waals surface area contributed by atoms with Crippen LogP contribution in [0, 0.1) is 0 Å². The lowest BCUT2D eigenvalue weighted by atomic mass is 10.1. The lowest BCUT2D eigenvalue weighted by molar-refractivity contribution is -0.121. The Morgan fingerprint density at radius 2 is 1.94 bits per heavy atom. The summed E-state index contributed by atoms with van der Waals surface area (Å²) in [5.74, 6) is 0.489. The summed E-state index contributed by atoms with van der Waals surface area (Å²) in [6.07, 6.45) is 1.91. The van der Waals surface area contributed by atoms with Crippen molar-refractivity contribution in [2.75, 3.05) is 16.4 Å². The molecule has 0 radical (unpaired) electrons. The number of hydrogen-bond acceptors (Lipinski definition) is 7. The zero-order valence-corrected chi connectivity index (χ0v) is 19.2. The first-order chi connectivity index (χ1) is 16.5. The maximum atomic E-state index is 13.7. The van der Waals surface area contributed by atoms with E-state index in [-0.39, 0.29) is 37.1 Å². The second-order valence-electron chi connectivity index (χ2n) is 7.70. The molecular weight excluding hydrogens is 454 g/mol. The van der Waals surface area contributed by atoms with Gasteiger partial charge in [-0.2, -0.15) is 0 Å². The molecule has 34 heavy (non-hydrogen) atoms. The van der Waals surface area contributed by atoms with Gasteiger partial charge >= 0.3 is 0 Å². The van der Waals surface area contributed by atoms with E-state index in [0.29, 0.717) is 28.7 Å². The van der Waals surface area contributed by atoms with Gasteiger partial charge in [0.1, 0.15) is 11.5 Å². The van der Waals surface area contributed by atoms with Gasteiger partial charge < -0.3 is 9.15 Å². The second kappa shape index (κ2) is 9.11. The third kappa shape index (κ3) is 4.17. The SMILES string of the molecule is CCOc1ccc2nc(N(Cc3ccco3)C(=O)c3cccc(N4C(=O)CCC4=O)c3)sc2c1. The van der Waals surface area contributed by atoms with Crippen molar-refractivity contribution < 1.29 is 23.5 Å². The van der Waals surface area contributed by atoms with E-state index in [1.54, 1.807) is 42.7 Å². The number of furan rings is 1. The van der Waals surface area contributed by atoms with Crippen LogP contribution >= 0.6 is 11.3 Å². The zero-order chi connectivity index (χ0) is 23.7. The Morgan fingerprint density at radius 1 is 1.12 bits per heavy atom. The maximum Gasteiger partial charge on any atom is 0.260 e. The van der Waals surface area contributed by atoms with E-state index in [1.807, 2.05) is 25.1 Å². The number of carbonyl (C=O) groups excluding carboxylic acids is 3. The van der Waals surface area contributed by atoms with Crippen molar-refractivity contribution in [2.45, 2.75) is 26.3 Å². The van der Waals surface area contributed by atoms with Gasteiger partial charge in [0.2, 0.25) is 11.8 Å². The van der Waals surface area contributed by atoms with Crippen LogP contribution in [0.5, 0.6) is 5.75 Å². The van der Waals surface area contributed by atoms with Crippen molar-refractivity contribution in [3.63, 3.8) is 0 Å². The van der Waals surface area contributed by atoms with Crippen molar-refractivity contribution in [1.29, 1.82) is 0 Å². The summed E-state index contributed by atoms with van der Waals surface area (Å²) < 4.78 is 12.0. The van der Waals surface area contributed by atoms with Crippen LogP contribution in [0.25, 0.3) is 10.2 Å². The summed E-state index contributed by atoms with van der Waals surface area (Å²) in [6.45, 7) is 2.65. The molecule has 4 aromatic rings. The molecule has 5 rings (SSSR count). The number of thiazole rings is 1. The molecule has 0 atom stereocenters. The van der Waals surface area contributed by atoms with Crippen LogP contribution < -0.4 is 14.5 Å². The van der Waals surface area contributed by atoms with E-state index in [9.17, 15) is 14.4 Å². The number of anilines is 2. The maximum absolute atomic E-state index is 13.7. The largest absolute Gasteiger partial charge is 0.494 e. The normalized spacial score (nSPS) is 13.6. The second-order valence-corrected chi connectivity index (χ2v) is 8.71. The molecule has 0 aliphatic carbocycles. The standard InChI is InChI=1S/C25H21N3O5S/c1-2-32-18-8-9-20-21(14-18)34-25(26-20)27(15-19-7-4-12-33-19)24(31)16-5-3-6-17(13-16)28-22(29)10-11-23(28)30/h3-9,12-14H,2,10-11,15H2,1H3. The van der Waals surface area contributed by atoms with Gasteiger partial charge in [0.15, 0.2) is 5.13 Å². The van der Waals surface area contributed by atoms with E-state index in [2.05, 4.69) is 4.98 Å². The van der Waals surface area contributed by atoms with Crippen LogP contribution in [-0.2, 0) is 16.1 Å². The molecule has 172 valence electrons. The average molecular weight is 476 g/mol. The number of carbonyl (C=O) groups is 3. The highest BCUT2D eigenvalue weighted by molar-refractivity contribution is 7.22. The Bertz CT molecular complexity index is 1360. The van der Waals surface area contributed by atoms with Crippen molar-refractivity contribution in [1.82, 2.24) is 4.98 Å². The minimum absolute atomic E-state index is 0.176. The van der Waals surface area contributed by atoms with E-state index < -0.39 is 0 Å². The quantitative estimate of drug-likeness (QED) is 0.357. The molecule has 1 aliphatic heterocycles. The molecule has 3 amide bonds. The van der Waals surface area contributed by atoms with Crippen LogP contribution in [0.2, 0.25) is 0 Å². The summed E-state index contributed by atoms with van der Waals surface area (Å²) >= 11 is 1.37. The summed E-state index contributed by atoms with van der Waals surface area (Å²) in [5, 5.41) is 0.503. The Hall–Kier alpha value is -3.98. The minimum atomic E-state index is -0.318. The van der Waals surface area contributed by atoms with Crippen molar-refractivity contribution in [2.24, 2.45) is 0 Å². The Labute approximate surface area is 199 Å². The smallest absolute Gasteiger partial charge is 0.260 e. The molecule has 1 saturated heterocycles. The number of amides is 3. The topological polar surface area (TPSA) is 92.9 Å². The van der Waals surface area contributed by atoms with Crippen LogP contribution in [0.4, 0.5) is 10.8 Å². The fourth-order valence-corrected chi connectivity index (χ4v) is 4.84. The highest BCUT2D eigenvalue weighted by Gasteiger charge is 2.31. The third-order valence-electron chi connectivity index (χ3n) is 5.43. The Balaban J connectivity index is 1.52. The molecule has 0 unspecified atom stereocenters. The number of aromatic nitrogens is 1. The van der Waals surface area contributed by atoms with Gasteiger partial charge in [0.05, 0.1) is 35.3 Å². The van der Waals surface area contributed by atoms with Crippen molar-refractivity contribution in [3.8, 4) is 5.75 Å². The molecule has 8 nitrogen and oxygen atoms in total. The molecular formula is C25H21N3O5S. The monoisotopic (exact) mass is 475 g/mol. The summed E-state index contributed by atoms with van der Waals surface area (Å²) in [7, 11) is 0. The Morgan fingerprint density at radius 3 is 2.68 bits per heavy atom. The number of benzene rings is 2. The van der Waals surface area contributed by atoms with Crippen LogP contribution in [0.15, 0.2) is 65.3 Å². The molecule has 1 fully saturated rings. The third-order valence-corrected chi connectivity index (χ3v) is 6.47. The Kier molecular flexibility index (Phi) is 5.85. The number of fused-ring (bicyclic) bond motifs is 1. The van der Waals surface area contributed by atoms with E-state index in [4.69, 9.17) is 9.15 Å².